The molecule has 4 rings (SSSR count). The van der Waals surface area contributed by atoms with Crippen molar-refractivity contribution in [1.82, 2.24) is 4.98 Å². The fourth-order valence-corrected chi connectivity index (χ4v) is 4.31. The van der Waals surface area contributed by atoms with Gasteiger partial charge in [0, 0.05) is 24.7 Å². The summed E-state index contributed by atoms with van der Waals surface area (Å²) in [6.07, 6.45) is 1.51. The van der Waals surface area contributed by atoms with Crippen molar-refractivity contribution in [3.63, 3.8) is 0 Å². The van der Waals surface area contributed by atoms with Gasteiger partial charge in [-0.05, 0) is 30.1 Å². The molecule has 2 heterocycles. The Morgan fingerprint density at radius 2 is 1.81 bits per heavy atom. The molecule has 2 aromatic carbocycles. The van der Waals surface area contributed by atoms with Gasteiger partial charge in [0.05, 0.1) is 48.9 Å². The minimum absolute atomic E-state index is 0.0650. The highest BCUT2D eigenvalue weighted by molar-refractivity contribution is 8.01. The van der Waals surface area contributed by atoms with Crippen molar-refractivity contribution in [2.75, 3.05) is 35.8 Å². The minimum atomic E-state index is -0.791. The van der Waals surface area contributed by atoms with Crippen molar-refractivity contribution in [2.45, 2.75) is 11.4 Å². The Balaban J connectivity index is 1.76. The summed E-state index contributed by atoms with van der Waals surface area (Å²) in [6.45, 7) is -0.295. The number of hydrogen-bond acceptors (Lipinski definition) is 6. The summed E-state index contributed by atoms with van der Waals surface area (Å²) in [7, 11) is 4.54. The normalized spacial score (nSPS) is 13.1. The molecule has 32 heavy (non-hydrogen) atoms. The highest BCUT2D eigenvalue weighted by atomic mass is 32.2. The Morgan fingerprint density at radius 1 is 1.09 bits per heavy atom. The number of carbonyl (C=O) groups is 1. The van der Waals surface area contributed by atoms with Gasteiger partial charge in [-0.3, -0.25) is 4.90 Å². The Kier molecular flexibility index (Phi) is 6.04. The fraction of sp³-hybridized carbons (Fsp3) is 0.182. The summed E-state index contributed by atoms with van der Waals surface area (Å²) in [4.78, 5) is 19.8. The van der Waals surface area contributed by atoms with Crippen LogP contribution in [0.3, 0.4) is 0 Å². The van der Waals surface area contributed by atoms with E-state index in [0.717, 1.165) is 17.0 Å². The monoisotopic (exact) mass is 458 g/mol. The summed E-state index contributed by atoms with van der Waals surface area (Å²) < 4.78 is 40.9. The summed E-state index contributed by atoms with van der Waals surface area (Å²) in [5.41, 5.74) is 1.41. The number of halogens is 2. The van der Waals surface area contributed by atoms with Crippen LogP contribution in [0, 0.1) is 11.6 Å². The zero-order valence-electron chi connectivity index (χ0n) is 17.6. The first-order chi connectivity index (χ1) is 15.5. The van der Waals surface area contributed by atoms with Crippen LogP contribution < -0.4 is 24.0 Å². The van der Waals surface area contributed by atoms with E-state index in [4.69, 9.17) is 9.47 Å². The number of pyridine rings is 1. The molecule has 166 valence electrons. The molecule has 1 aromatic heterocycles. The van der Waals surface area contributed by atoms with Crippen LogP contribution >= 0.6 is 11.9 Å². The molecular formula is C22H20F2N4O3S. The van der Waals surface area contributed by atoms with Crippen LogP contribution in [0.2, 0.25) is 0 Å². The number of amides is 2. The first kappa shape index (κ1) is 21.7. The molecule has 7 nitrogen and oxygen atoms in total. The topological polar surface area (TPSA) is 66.9 Å². The zero-order chi connectivity index (χ0) is 22.8. The van der Waals surface area contributed by atoms with Gasteiger partial charge in [0.25, 0.3) is 0 Å². The molecule has 0 radical (unpaired) electrons. The molecule has 1 aliphatic heterocycles. The average molecular weight is 458 g/mol. The van der Waals surface area contributed by atoms with Gasteiger partial charge in [0.2, 0.25) is 5.88 Å². The lowest BCUT2D eigenvalue weighted by Gasteiger charge is -2.36. The number of nitrogens with one attached hydrogen (secondary N) is 1. The highest BCUT2D eigenvalue weighted by Crippen LogP contribution is 2.43. The van der Waals surface area contributed by atoms with Crippen molar-refractivity contribution in [1.29, 1.82) is 0 Å². The second-order valence-corrected chi connectivity index (χ2v) is 7.78. The maximum atomic E-state index is 14.6. The molecule has 0 aliphatic carbocycles. The smallest absolute Gasteiger partial charge is 0.339 e. The number of carbonyl (C=O) groups excluding carboxylic acids is 1. The molecule has 0 saturated heterocycles. The predicted molar refractivity (Wildman–Crippen MR) is 120 cm³/mol. The average Bonchev–Trinajstić information content (AvgIpc) is 2.81. The number of hydrogen-bond donors (Lipinski definition) is 1. The lowest BCUT2D eigenvalue weighted by atomic mass is 10.1. The van der Waals surface area contributed by atoms with Gasteiger partial charge >= 0.3 is 6.03 Å². The molecule has 2 amide bonds. The Morgan fingerprint density at radius 3 is 2.47 bits per heavy atom. The van der Waals surface area contributed by atoms with Crippen molar-refractivity contribution >= 4 is 35.0 Å². The van der Waals surface area contributed by atoms with Crippen LogP contribution in [0.25, 0.3) is 0 Å². The van der Waals surface area contributed by atoms with Gasteiger partial charge in [-0.2, -0.15) is 0 Å². The van der Waals surface area contributed by atoms with E-state index in [0.29, 0.717) is 22.9 Å². The Labute approximate surface area is 188 Å². The van der Waals surface area contributed by atoms with Crippen LogP contribution in [0.1, 0.15) is 5.56 Å². The molecule has 0 saturated carbocycles. The summed E-state index contributed by atoms with van der Waals surface area (Å²) in [5, 5.41) is 2.98. The molecule has 1 aliphatic rings. The number of aromatic nitrogens is 1. The number of fused-ring (bicyclic) bond motifs is 1. The number of para-hydroxylation sites is 1. The maximum Gasteiger partial charge on any atom is 0.339 e. The third kappa shape index (κ3) is 3.89. The van der Waals surface area contributed by atoms with Crippen LogP contribution in [0.15, 0.2) is 53.6 Å². The van der Waals surface area contributed by atoms with E-state index in [2.05, 4.69) is 10.3 Å². The number of anilines is 3. The van der Waals surface area contributed by atoms with Crippen molar-refractivity contribution in [3.05, 3.63) is 65.9 Å². The van der Waals surface area contributed by atoms with E-state index in [-0.39, 0.29) is 17.9 Å². The number of nitrogens with zero attached hydrogens (tertiary/aromatic N) is 3. The molecule has 0 fully saturated rings. The molecule has 0 unspecified atom stereocenters. The lowest BCUT2D eigenvalue weighted by molar-refractivity contribution is 0.254. The SMILES string of the molecule is CNc1cc(N2Sc3ccccc3N(Cc3c(F)cc(OC)cc3F)C2=O)cnc1OC. The van der Waals surface area contributed by atoms with Crippen LogP contribution in [0.4, 0.5) is 30.6 Å². The van der Waals surface area contributed by atoms with E-state index in [1.165, 1.54) is 41.6 Å². The van der Waals surface area contributed by atoms with Gasteiger partial charge in [0.1, 0.15) is 17.4 Å². The van der Waals surface area contributed by atoms with Gasteiger partial charge in [-0.25, -0.2) is 22.9 Å². The Hall–Kier alpha value is -3.53. The van der Waals surface area contributed by atoms with Crippen LogP contribution in [-0.2, 0) is 6.54 Å². The van der Waals surface area contributed by atoms with Crippen molar-refractivity contribution in [2.24, 2.45) is 0 Å². The first-order valence-corrected chi connectivity index (χ1v) is 10.4. The maximum absolute atomic E-state index is 14.6. The molecule has 3 aromatic rings. The third-order valence-corrected chi connectivity index (χ3v) is 6.04. The quantitative estimate of drug-likeness (QED) is 0.520. The predicted octanol–water partition coefficient (Wildman–Crippen LogP) is 5.07. The summed E-state index contributed by atoms with van der Waals surface area (Å²) in [5.74, 6) is -1.14. The van der Waals surface area contributed by atoms with E-state index >= 15 is 0 Å². The summed E-state index contributed by atoms with van der Waals surface area (Å²) >= 11 is 1.21. The van der Waals surface area contributed by atoms with Crippen LogP contribution in [0.5, 0.6) is 11.6 Å². The lowest BCUT2D eigenvalue weighted by Crippen LogP contribution is -2.43. The zero-order valence-corrected chi connectivity index (χ0v) is 18.4. The van der Waals surface area contributed by atoms with E-state index in [1.807, 2.05) is 12.1 Å². The number of methoxy groups -OCH3 is 2. The highest BCUT2D eigenvalue weighted by Gasteiger charge is 2.34. The number of rotatable bonds is 6. The molecule has 1 N–H and O–H groups in total. The number of ether oxygens (including phenoxy) is 2. The van der Waals surface area contributed by atoms with Crippen LogP contribution in [-0.4, -0.2) is 32.3 Å². The minimum Gasteiger partial charge on any atom is -0.497 e. The summed E-state index contributed by atoms with van der Waals surface area (Å²) in [6, 6.07) is 10.6. The van der Waals surface area contributed by atoms with E-state index in [1.54, 1.807) is 25.2 Å². The van der Waals surface area contributed by atoms with Gasteiger partial charge in [-0.1, -0.05) is 12.1 Å². The molecule has 0 spiro atoms. The fourth-order valence-electron chi connectivity index (χ4n) is 3.32. The van der Waals surface area contributed by atoms with Gasteiger partial charge in [-0.15, -0.1) is 0 Å². The second kappa shape index (κ2) is 8.91. The molecule has 0 bridgehead atoms. The third-order valence-electron chi connectivity index (χ3n) is 4.95. The molecule has 10 heteroatoms. The van der Waals surface area contributed by atoms with E-state index in [9.17, 15) is 13.6 Å². The van der Waals surface area contributed by atoms with Gasteiger partial charge < -0.3 is 14.8 Å². The standard InChI is InChI=1S/C22H20F2N4O3S/c1-25-18-8-13(11-26-21(18)31-3)28-22(29)27(19-6-4-5-7-20(19)32-28)12-15-16(23)9-14(30-2)10-17(15)24/h4-11,25H,12H2,1-3H3. The number of benzene rings is 2. The number of urea groups is 1. The largest absolute Gasteiger partial charge is 0.497 e. The Bertz CT molecular complexity index is 1150. The van der Waals surface area contributed by atoms with Gasteiger partial charge in [0.15, 0.2) is 0 Å². The molecular weight excluding hydrogens is 438 g/mol. The molecule has 0 atom stereocenters. The first-order valence-electron chi connectivity index (χ1n) is 9.59. The van der Waals surface area contributed by atoms with Crippen molar-refractivity contribution in [3.8, 4) is 11.6 Å². The van der Waals surface area contributed by atoms with E-state index < -0.39 is 17.7 Å². The van der Waals surface area contributed by atoms with Crippen molar-refractivity contribution < 1.29 is 23.0 Å². The second-order valence-electron chi connectivity index (χ2n) is 6.79.